The van der Waals surface area contributed by atoms with Crippen LogP contribution in [0.1, 0.15) is 38.8 Å². The monoisotopic (exact) mass is 304 g/mol. The predicted molar refractivity (Wildman–Crippen MR) is 86.8 cm³/mol. The molecule has 0 unspecified atom stereocenters. The summed E-state index contributed by atoms with van der Waals surface area (Å²) in [6.07, 6.45) is 3.32. The third-order valence-electron chi connectivity index (χ3n) is 3.00. The molecule has 0 saturated heterocycles. The van der Waals surface area contributed by atoms with Gasteiger partial charge in [0.1, 0.15) is 17.3 Å². The third kappa shape index (κ3) is 4.38. The van der Waals surface area contributed by atoms with Gasteiger partial charge in [-0.05, 0) is 24.5 Å². The Morgan fingerprint density at radius 2 is 2.18 bits per heavy atom. The van der Waals surface area contributed by atoms with Crippen LogP contribution in [-0.4, -0.2) is 16.6 Å². The van der Waals surface area contributed by atoms with Crippen LogP contribution in [0, 0.1) is 5.92 Å². The van der Waals surface area contributed by atoms with Crippen molar-refractivity contribution in [1.82, 2.24) is 9.97 Å². The molecule has 2 aromatic rings. The number of ether oxygens (including phenoxy) is 1. The fraction of sp³-hybridized carbons (Fsp3) is 0.500. The first-order valence-electron chi connectivity index (χ1n) is 7.65. The van der Waals surface area contributed by atoms with Gasteiger partial charge in [0.25, 0.3) is 0 Å². The van der Waals surface area contributed by atoms with Crippen LogP contribution < -0.4 is 15.8 Å². The molecule has 2 rings (SSSR count). The molecule has 0 fully saturated rings. The van der Waals surface area contributed by atoms with E-state index in [1.807, 2.05) is 19.1 Å². The Morgan fingerprint density at radius 3 is 2.82 bits per heavy atom. The number of nitrogen functional groups attached to an aromatic ring is 1. The van der Waals surface area contributed by atoms with Gasteiger partial charge < -0.3 is 20.2 Å². The molecule has 0 spiro atoms. The lowest BCUT2D eigenvalue weighted by Crippen LogP contribution is -2.12. The molecule has 120 valence electrons. The number of anilines is 2. The zero-order valence-corrected chi connectivity index (χ0v) is 13.4. The molecule has 0 bridgehead atoms. The largest absolute Gasteiger partial charge is 0.476 e. The van der Waals surface area contributed by atoms with Crippen molar-refractivity contribution in [3.8, 4) is 5.88 Å². The molecular formula is C16H24N4O2. The molecule has 3 N–H and O–H groups in total. The Labute approximate surface area is 131 Å². The maximum absolute atomic E-state index is 6.12. The summed E-state index contributed by atoms with van der Waals surface area (Å²) in [6, 6.07) is 3.74. The lowest BCUT2D eigenvalue weighted by Gasteiger charge is -2.14. The first-order valence-corrected chi connectivity index (χ1v) is 7.65. The molecule has 0 saturated carbocycles. The highest BCUT2D eigenvalue weighted by molar-refractivity contribution is 5.66. The van der Waals surface area contributed by atoms with Crippen molar-refractivity contribution < 1.29 is 9.15 Å². The second kappa shape index (κ2) is 7.68. The van der Waals surface area contributed by atoms with Gasteiger partial charge in [-0.2, -0.15) is 4.98 Å². The van der Waals surface area contributed by atoms with E-state index < -0.39 is 0 Å². The van der Waals surface area contributed by atoms with Crippen molar-refractivity contribution in [3.05, 3.63) is 30.0 Å². The minimum Gasteiger partial charge on any atom is -0.476 e. The molecule has 6 heteroatoms. The minimum atomic E-state index is 0.438. The topological polar surface area (TPSA) is 86.2 Å². The molecule has 0 radical (unpaired) electrons. The van der Waals surface area contributed by atoms with Gasteiger partial charge in [0, 0.05) is 6.42 Å². The molecule has 2 aromatic heterocycles. The van der Waals surface area contributed by atoms with Crippen LogP contribution in [0.25, 0.3) is 0 Å². The standard InChI is InChI=1S/C16H24N4O2/c1-4-7-22-16-14(17)15(18-10-12-6-5-8-21-12)19-13(20-16)9-11(2)3/h5-6,8,11H,4,7,9-10,17H2,1-3H3,(H,18,19,20). The summed E-state index contributed by atoms with van der Waals surface area (Å²) in [4.78, 5) is 8.95. The van der Waals surface area contributed by atoms with Crippen molar-refractivity contribution in [3.63, 3.8) is 0 Å². The van der Waals surface area contributed by atoms with Crippen molar-refractivity contribution in [2.24, 2.45) is 5.92 Å². The van der Waals surface area contributed by atoms with Crippen molar-refractivity contribution in [1.29, 1.82) is 0 Å². The Kier molecular flexibility index (Phi) is 5.63. The summed E-state index contributed by atoms with van der Waals surface area (Å²) in [6.45, 7) is 7.40. The summed E-state index contributed by atoms with van der Waals surface area (Å²) in [7, 11) is 0. The molecule has 22 heavy (non-hydrogen) atoms. The highest BCUT2D eigenvalue weighted by Gasteiger charge is 2.14. The summed E-state index contributed by atoms with van der Waals surface area (Å²) >= 11 is 0. The van der Waals surface area contributed by atoms with E-state index in [0.717, 1.165) is 24.4 Å². The molecule has 0 aliphatic heterocycles. The lowest BCUT2D eigenvalue weighted by atomic mass is 10.1. The van der Waals surface area contributed by atoms with Crippen LogP contribution in [-0.2, 0) is 13.0 Å². The highest BCUT2D eigenvalue weighted by Crippen LogP contribution is 2.27. The normalized spacial score (nSPS) is 10.9. The van der Waals surface area contributed by atoms with E-state index in [1.165, 1.54) is 0 Å². The molecule has 6 nitrogen and oxygen atoms in total. The number of nitrogens with one attached hydrogen (secondary N) is 1. The van der Waals surface area contributed by atoms with Gasteiger partial charge in [-0.25, -0.2) is 4.98 Å². The van der Waals surface area contributed by atoms with Crippen LogP contribution in [0.2, 0.25) is 0 Å². The smallest absolute Gasteiger partial charge is 0.242 e. The van der Waals surface area contributed by atoms with Crippen LogP contribution in [0.15, 0.2) is 22.8 Å². The van der Waals surface area contributed by atoms with Crippen molar-refractivity contribution in [2.45, 2.75) is 40.2 Å². The fourth-order valence-corrected chi connectivity index (χ4v) is 1.98. The van der Waals surface area contributed by atoms with Crippen LogP contribution in [0.5, 0.6) is 5.88 Å². The van der Waals surface area contributed by atoms with E-state index in [1.54, 1.807) is 6.26 Å². The average molecular weight is 304 g/mol. The molecular weight excluding hydrogens is 280 g/mol. The number of hydrogen-bond donors (Lipinski definition) is 2. The van der Waals surface area contributed by atoms with E-state index in [9.17, 15) is 0 Å². The average Bonchev–Trinajstić information content (AvgIpc) is 2.98. The van der Waals surface area contributed by atoms with Crippen LogP contribution in [0.4, 0.5) is 11.5 Å². The molecule has 0 atom stereocenters. The maximum Gasteiger partial charge on any atom is 0.242 e. The molecule has 0 aliphatic rings. The number of aromatic nitrogens is 2. The van der Waals surface area contributed by atoms with Crippen LogP contribution in [0.3, 0.4) is 0 Å². The van der Waals surface area contributed by atoms with Gasteiger partial charge in [-0.15, -0.1) is 0 Å². The van der Waals surface area contributed by atoms with Gasteiger partial charge in [-0.3, -0.25) is 0 Å². The summed E-state index contributed by atoms with van der Waals surface area (Å²) in [5.74, 6) is 3.06. The Hall–Kier alpha value is -2.24. The van der Waals surface area contributed by atoms with Gasteiger partial charge in [-0.1, -0.05) is 20.8 Å². The fourth-order valence-electron chi connectivity index (χ4n) is 1.98. The molecule has 0 amide bonds. The first kappa shape index (κ1) is 16.1. The van der Waals surface area contributed by atoms with E-state index >= 15 is 0 Å². The first-order chi connectivity index (χ1) is 10.6. The lowest BCUT2D eigenvalue weighted by molar-refractivity contribution is 0.305. The van der Waals surface area contributed by atoms with Gasteiger partial charge in [0.2, 0.25) is 5.88 Å². The highest BCUT2D eigenvalue weighted by atomic mass is 16.5. The zero-order valence-electron chi connectivity index (χ0n) is 13.4. The maximum atomic E-state index is 6.12. The Morgan fingerprint density at radius 1 is 1.36 bits per heavy atom. The number of rotatable bonds is 8. The predicted octanol–water partition coefficient (Wildman–Crippen LogP) is 3.25. The van der Waals surface area contributed by atoms with Gasteiger partial charge in [0.05, 0.1) is 19.4 Å². The van der Waals surface area contributed by atoms with E-state index in [4.69, 9.17) is 14.9 Å². The summed E-state index contributed by atoms with van der Waals surface area (Å²) in [5, 5.41) is 3.20. The Balaban J connectivity index is 2.20. The Bertz CT molecular complexity index is 582. The minimum absolute atomic E-state index is 0.438. The molecule has 0 aromatic carbocycles. The van der Waals surface area contributed by atoms with Crippen LogP contribution >= 0.6 is 0 Å². The molecule has 2 heterocycles. The number of nitrogens with two attached hydrogens (primary N) is 1. The molecule has 0 aliphatic carbocycles. The van der Waals surface area contributed by atoms with E-state index in [-0.39, 0.29) is 0 Å². The van der Waals surface area contributed by atoms with E-state index in [2.05, 4.69) is 29.1 Å². The SMILES string of the molecule is CCCOc1nc(CC(C)C)nc(NCc2ccco2)c1N. The summed E-state index contributed by atoms with van der Waals surface area (Å²) in [5.41, 5.74) is 6.56. The van der Waals surface area contributed by atoms with Gasteiger partial charge in [0.15, 0.2) is 5.82 Å². The number of hydrogen-bond acceptors (Lipinski definition) is 6. The second-order valence-electron chi connectivity index (χ2n) is 5.59. The quantitative estimate of drug-likeness (QED) is 0.778. The number of nitrogens with zero attached hydrogens (tertiary/aromatic N) is 2. The van der Waals surface area contributed by atoms with Gasteiger partial charge >= 0.3 is 0 Å². The van der Waals surface area contributed by atoms with E-state index in [0.29, 0.717) is 36.5 Å². The van der Waals surface area contributed by atoms with Crippen molar-refractivity contribution >= 4 is 11.5 Å². The third-order valence-corrected chi connectivity index (χ3v) is 3.00. The number of furan rings is 1. The second-order valence-corrected chi connectivity index (χ2v) is 5.59. The summed E-state index contributed by atoms with van der Waals surface area (Å²) < 4.78 is 11.0. The zero-order chi connectivity index (χ0) is 15.9. The van der Waals surface area contributed by atoms with Crippen molar-refractivity contribution in [2.75, 3.05) is 17.7 Å².